The molecule has 2 aromatic carbocycles. The number of hydrogen-bond donors (Lipinski definition) is 1. The number of carbonyl (C=O) groups excluding carboxylic acids is 1. The summed E-state index contributed by atoms with van der Waals surface area (Å²) < 4.78 is 34.3. The second kappa shape index (κ2) is 7.62. The number of anilines is 1. The van der Waals surface area contributed by atoms with Crippen LogP contribution < -0.4 is 9.62 Å². The highest BCUT2D eigenvalue weighted by atomic mass is 32.2. The number of esters is 1. The maximum Gasteiger partial charge on any atom is 0.323 e. The molecule has 164 valence electrons. The molecular weight excluding hydrogens is 414 g/mol. The summed E-state index contributed by atoms with van der Waals surface area (Å²) in [5.74, 6) is -0.361. The zero-order valence-corrected chi connectivity index (χ0v) is 18.3. The molecule has 2 aromatic rings. The van der Waals surface area contributed by atoms with E-state index in [0.29, 0.717) is 12.1 Å². The van der Waals surface area contributed by atoms with E-state index in [0.717, 1.165) is 31.5 Å². The number of likely N-dealkylation sites (tertiary alicyclic amines) is 1. The summed E-state index contributed by atoms with van der Waals surface area (Å²) in [7, 11) is -2.47. The van der Waals surface area contributed by atoms with Crippen LogP contribution in [0.4, 0.5) is 5.69 Å². The van der Waals surface area contributed by atoms with Crippen LogP contribution in [0.15, 0.2) is 59.5 Å². The molecule has 2 fully saturated rings. The fraction of sp³-hybridized carbons (Fsp3) is 0.435. The van der Waals surface area contributed by atoms with Crippen molar-refractivity contribution in [1.82, 2.24) is 10.2 Å². The Hall–Kier alpha value is -2.42. The van der Waals surface area contributed by atoms with Gasteiger partial charge in [0.15, 0.2) is 0 Å². The van der Waals surface area contributed by atoms with Crippen molar-refractivity contribution >= 4 is 21.7 Å². The van der Waals surface area contributed by atoms with E-state index in [-0.39, 0.29) is 10.9 Å². The molecule has 0 unspecified atom stereocenters. The van der Waals surface area contributed by atoms with Gasteiger partial charge >= 0.3 is 5.97 Å². The first-order chi connectivity index (χ1) is 15.0. The number of sulfonamides is 1. The van der Waals surface area contributed by atoms with Crippen molar-refractivity contribution in [3.8, 4) is 0 Å². The van der Waals surface area contributed by atoms with Gasteiger partial charge in [-0.2, -0.15) is 0 Å². The van der Waals surface area contributed by atoms with Crippen molar-refractivity contribution in [3.63, 3.8) is 0 Å². The average Bonchev–Trinajstić information content (AvgIpc) is 3.33. The highest BCUT2D eigenvalue weighted by Gasteiger charge is 2.63. The van der Waals surface area contributed by atoms with Crippen molar-refractivity contribution in [3.05, 3.63) is 60.2 Å². The zero-order chi connectivity index (χ0) is 21.6. The van der Waals surface area contributed by atoms with Gasteiger partial charge in [0.2, 0.25) is 0 Å². The SMILES string of the molecule is COC(=O)[C@H]1C[C@@]2(N3CCCCC3)c3ccccc3N(S(=O)(=O)c3ccccc3)[C@H]2N1. The molecule has 3 aliphatic heterocycles. The Morgan fingerprint density at radius 2 is 1.71 bits per heavy atom. The summed E-state index contributed by atoms with van der Waals surface area (Å²) >= 11 is 0. The fourth-order valence-electron chi connectivity index (χ4n) is 5.53. The fourth-order valence-corrected chi connectivity index (χ4v) is 7.19. The molecule has 0 saturated carbocycles. The van der Waals surface area contributed by atoms with Gasteiger partial charge in [-0.3, -0.25) is 15.0 Å². The predicted octanol–water partition coefficient (Wildman–Crippen LogP) is 2.44. The normalized spacial score (nSPS) is 28.2. The van der Waals surface area contributed by atoms with Crippen molar-refractivity contribution in [2.24, 2.45) is 0 Å². The summed E-state index contributed by atoms with van der Waals surface area (Å²) in [6.07, 6.45) is 3.17. The van der Waals surface area contributed by atoms with E-state index in [2.05, 4.69) is 10.2 Å². The Kier molecular flexibility index (Phi) is 5.03. The molecule has 5 rings (SSSR count). The van der Waals surface area contributed by atoms with Gasteiger partial charge in [-0.25, -0.2) is 12.7 Å². The van der Waals surface area contributed by atoms with Crippen LogP contribution in [0.1, 0.15) is 31.2 Å². The lowest BCUT2D eigenvalue weighted by Crippen LogP contribution is -2.58. The van der Waals surface area contributed by atoms with Crippen LogP contribution in [-0.2, 0) is 25.1 Å². The van der Waals surface area contributed by atoms with Crippen LogP contribution in [-0.4, -0.2) is 51.7 Å². The van der Waals surface area contributed by atoms with Gasteiger partial charge in [0.1, 0.15) is 12.2 Å². The van der Waals surface area contributed by atoms with E-state index < -0.39 is 27.8 Å². The lowest BCUT2D eigenvalue weighted by atomic mass is 9.84. The lowest BCUT2D eigenvalue weighted by Gasteiger charge is -2.44. The number of piperidine rings is 1. The van der Waals surface area contributed by atoms with Gasteiger partial charge in [-0.1, -0.05) is 42.8 Å². The van der Waals surface area contributed by atoms with Crippen molar-refractivity contribution < 1.29 is 17.9 Å². The Morgan fingerprint density at radius 1 is 1.03 bits per heavy atom. The number of carbonyl (C=O) groups is 1. The van der Waals surface area contributed by atoms with Crippen LogP contribution in [0.5, 0.6) is 0 Å². The molecule has 3 atom stereocenters. The van der Waals surface area contributed by atoms with Crippen LogP contribution in [0.3, 0.4) is 0 Å². The molecule has 0 amide bonds. The maximum atomic E-state index is 13.9. The van der Waals surface area contributed by atoms with Crippen molar-refractivity contribution in [1.29, 1.82) is 0 Å². The van der Waals surface area contributed by atoms with Gasteiger partial charge in [-0.15, -0.1) is 0 Å². The van der Waals surface area contributed by atoms with Gasteiger partial charge in [0, 0.05) is 5.56 Å². The Morgan fingerprint density at radius 3 is 2.42 bits per heavy atom. The number of methoxy groups -OCH3 is 1. The van der Waals surface area contributed by atoms with E-state index in [1.807, 2.05) is 24.3 Å². The monoisotopic (exact) mass is 441 g/mol. The Bertz CT molecular complexity index is 1090. The van der Waals surface area contributed by atoms with Gasteiger partial charge < -0.3 is 4.74 Å². The number of ether oxygens (including phenoxy) is 1. The van der Waals surface area contributed by atoms with Crippen LogP contribution in [0, 0.1) is 0 Å². The Labute approximate surface area is 183 Å². The molecule has 0 aliphatic carbocycles. The molecule has 0 bridgehead atoms. The standard InChI is InChI=1S/C23H27N3O4S/c1-30-21(27)19-16-23(25-14-8-3-9-15-25)18-12-6-7-13-20(18)26(22(23)24-19)31(28,29)17-10-4-2-5-11-17/h2,4-7,10-13,19,22,24H,3,8-9,14-16H2,1H3/t19-,22-,23-/m1/s1. The Balaban J connectivity index is 1.70. The van der Waals surface area contributed by atoms with Crippen molar-refractivity contribution in [2.45, 2.75) is 48.3 Å². The second-order valence-corrected chi connectivity index (χ2v) is 10.3. The number of benzene rings is 2. The van der Waals surface area contributed by atoms with E-state index >= 15 is 0 Å². The molecule has 31 heavy (non-hydrogen) atoms. The lowest BCUT2D eigenvalue weighted by molar-refractivity contribution is -0.143. The van der Waals surface area contributed by atoms with Crippen molar-refractivity contribution in [2.75, 3.05) is 24.5 Å². The summed E-state index contributed by atoms with van der Waals surface area (Å²) in [4.78, 5) is 15.2. The van der Waals surface area contributed by atoms with Crippen LogP contribution in [0.2, 0.25) is 0 Å². The summed E-state index contributed by atoms with van der Waals surface area (Å²) in [6.45, 7) is 1.75. The first kappa shape index (κ1) is 20.5. The molecule has 1 N–H and O–H groups in total. The molecule has 7 nitrogen and oxygen atoms in total. The molecule has 2 saturated heterocycles. The number of hydrogen-bond acceptors (Lipinski definition) is 6. The van der Waals surface area contributed by atoms with Crippen LogP contribution in [0.25, 0.3) is 0 Å². The smallest absolute Gasteiger partial charge is 0.323 e. The minimum atomic E-state index is -3.85. The third kappa shape index (κ3) is 3.00. The minimum absolute atomic E-state index is 0.238. The zero-order valence-electron chi connectivity index (χ0n) is 17.5. The number of fused-ring (bicyclic) bond motifs is 3. The quantitative estimate of drug-likeness (QED) is 0.735. The topological polar surface area (TPSA) is 79.0 Å². The predicted molar refractivity (Wildman–Crippen MR) is 117 cm³/mol. The molecule has 0 radical (unpaired) electrons. The highest BCUT2D eigenvalue weighted by Crippen LogP contribution is 2.54. The summed E-state index contributed by atoms with van der Waals surface area (Å²) in [6, 6.07) is 15.6. The summed E-state index contributed by atoms with van der Waals surface area (Å²) in [5, 5.41) is 3.35. The number of nitrogens with one attached hydrogen (secondary N) is 1. The highest BCUT2D eigenvalue weighted by molar-refractivity contribution is 7.92. The van der Waals surface area contributed by atoms with Gasteiger partial charge in [-0.05, 0) is 50.6 Å². The minimum Gasteiger partial charge on any atom is -0.468 e. The molecule has 3 aliphatic rings. The first-order valence-electron chi connectivity index (χ1n) is 10.8. The third-order valence-corrected chi connectivity index (χ3v) is 8.67. The summed E-state index contributed by atoms with van der Waals surface area (Å²) in [5.41, 5.74) is 1.02. The number of nitrogens with zero attached hydrogens (tertiary/aromatic N) is 2. The molecule has 0 aromatic heterocycles. The van der Waals surface area contributed by atoms with Gasteiger partial charge in [0.05, 0.1) is 23.2 Å². The molecule has 8 heteroatoms. The van der Waals surface area contributed by atoms with E-state index in [1.165, 1.54) is 17.8 Å². The van der Waals surface area contributed by atoms with Crippen LogP contribution >= 0.6 is 0 Å². The number of para-hydroxylation sites is 1. The second-order valence-electron chi connectivity index (χ2n) is 8.45. The molecule has 3 heterocycles. The number of rotatable bonds is 4. The average molecular weight is 442 g/mol. The largest absolute Gasteiger partial charge is 0.468 e. The molecular formula is C23H27N3O4S. The van der Waals surface area contributed by atoms with E-state index in [9.17, 15) is 13.2 Å². The maximum absolute atomic E-state index is 13.9. The first-order valence-corrected chi connectivity index (χ1v) is 12.2. The van der Waals surface area contributed by atoms with E-state index in [1.54, 1.807) is 30.3 Å². The molecule has 0 spiro atoms. The van der Waals surface area contributed by atoms with E-state index in [4.69, 9.17) is 4.74 Å². The third-order valence-electron chi connectivity index (χ3n) is 6.88. The van der Waals surface area contributed by atoms with Gasteiger partial charge in [0.25, 0.3) is 10.0 Å².